The molecule has 0 unspecified atom stereocenters. The summed E-state index contributed by atoms with van der Waals surface area (Å²) in [7, 11) is 3.74. The summed E-state index contributed by atoms with van der Waals surface area (Å²) in [6, 6.07) is 8.25. The molecule has 0 aliphatic carbocycles. The van der Waals surface area contributed by atoms with Crippen LogP contribution in [-0.2, 0) is 13.0 Å². The van der Waals surface area contributed by atoms with Gasteiger partial charge in [0.05, 0.1) is 13.7 Å². The lowest BCUT2D eigenvalue weighted by molar-refractivity contribution is 0.212. The second-order valence-corrected chi connectivity index (χ2v) is 5.19. The van der Waals surface area contributed by atoms with Gasteiger partial charge in [-0.05, 0) is 26.5 Å². The summed E-state index contributed by atoms with van der Waals surface area (Å²) in [6.45, 7) is 4.86. The van der Waals surface area contributed by atoms with Crippen molar-refractivity contribution in [1.82, 2.24) is 15.0 Å². The second-order valence-electron chi connectivity index (χ2n) is 5.19. The van der Waals surface area contributed by atoms with Crippen molar-refractivity contribution in [3.63, 3.8) is 0 Å². The molecule has 2 rings (SSSR count). The van der Waals surface area contributed by atoms with Gasteiger partial charge in [0.25, 0.3) is 0 Å². The molecule has 114 valence electrons. The van der Waals surface area contributed by atoms with Crippen LogP contribution in [0.2, 0.25) is 0 Å². The standard InChI is InChI=1S/C16H23N3O2/c1-5-8-15-17-16(21-18-15)11-19(3)12(2)13-9-6-7-10-14(13)20-4/h6-7,9-10,12H,5,8,11H2,1-4H3/t12-/m1/s1. The van der Waals surface area contributed by atoms with Crippen molar-refractivity contribution in [1.29, 1.82) is 0 Å². The molecule has 0 saturated heterocycles. The Bertz CT molecular complexity index is 568. The number of para-hydroxylation sites is 1. The minimum Gasteiger partial charge on any atom is -0.496 e. The first-order valence-electron chi connectivity index (χ1n) is 7.30. The summed E-state index contributed by atoms with van der Waals surface area (Å²) in [5.74, 6) is 2.34. The fraction of sp³-hybridized carbons (Fsp3) is 0.500. The highest BCUT2D eigenvalue weighted by Gasteiger charge is 2.18. The van der Waals surface area contributed by atoms with Crippen LogP contribution in [0.15, 0.2) is 28.8 Å². The Kier molecular flexibility index (Phi) is 5.33. The average Bonchev–Trinajstić information content (AvgIpc) is 2.94. The molecule has 0 saturated carbocycles. The van der Waals surface area contributed by atoms with E-state index in [1.807, 2.05) is 25.2 Å². The third kappa shape index (κ3) is 3.82. The summed E-state index contributed by atoms with van der Waals surface area (Å²) in [4.78, 5) is 6.58. The second kappa shape index (κ2) is 7.22. The quantitative estimate of drug-likeness (QED) is 0.783. The van der Waals surface area contributed by atoms with Crippen LogP contribution in [0.4, 0.5) is 0 Å². The summed E-state index contributed by atoms with van der Waals surface area (Å²) in [6.07, 6.45) is 1.88. The van der Waals surface area contributed by atoms with E-state index >= 15 is 0 Å². The molecule has 0 aliphatic heterocycles. The van der Waals surface area contributed by atoms with Gasteiger partial charge in [0, 0.05) is 18.0 Å². The summed E-state index contributed by atoms with van der Waals surface area (Å²) < 4.78 is 10.7. The molecule has 0 fully saturated rings. The monoisotopic (exact) mass is 289 g/mol. The summed E-state index contributed by atoms with van der Waals surface area (Å²) in [5, 5.41) is 3.99. The molecule has 0 spiro atoms. The third-order valence-corrected chi connectivity index (χ3v) is 3.62. The fourth-order valence-electron chi connectivity index (χ4n) is 2.28. The molecule has 0 amide bonds. The maximum Gasteiger partial charge on any atom is 0.240 e. The first kappa shape index (κ1) is 15.5. The lowest BCUT2D eigenvalue weighted by Gasteiger charge is -2.24. The van der Waals surface area contributed by atoms with Crippen molar-refractivity contribution < 1.29 is 9.26 Å². The number of benzene rings is 1. The van der Waals surface area contributed by atoms with E-state index in [4.69, 9.17) is 9.26 Å². The van der Waals surface area contributed by atoms with Crippen LogP contribution in [0, 0.1) is 0 Å². The van der Waals surface area contributed by atoms with Crippen molar-refractivity contribution >= 4 is 0 Å². The van der Waals surface area contributed by atoms with Crippen LogP contribution in [0.3, 0.4) is 0 Å². The lowest BCUT2D eigenvalue weighted by atomic mass is 10.1. The number of rotatable bonds is 7. The average molecular weight is 289 g/mol. The summed E-state index contributed by atoms with van der Waals surface area (Å²) >= 11 is 0. The van der Waals surface area contributed by atoms with E-state index < -0.39 is 0 Å². The number of hydrogen-bond acceptors (Lipinski definition) is 5. The predicted octanol–water partition coefficient (Wildman–Crippen LogP) is 3.22. The van der Waals surface area contributed by atoms with Crippen molar-refractivity contribution in [2.75, 3.05) is 14.2 Å². The fourth-order valence-corrected chi connectivity index (χ4v) is 2.28. The van der Waals surface area contributed by atoms with E-state index in [0.29, 0.717) is 12.4 Å². The zero-order chi connectivity index (χ0) is 15.2. The van der Waals surface area contributed by atoms with Gasteiger partial charge in [-0.2, -0.15) is 4.98 Å². The highest BCUT2D eigenvalue weighted by molar-refractivity contribution is 5.35. The number of ether oxygens (including phenoxy) is 1. The minimum absolute atomic E-state index is 0.197. The topological polar surface area (TPSA) is 51.4 Å². The highest BCUT2D eigenvalue weighted by Crippen LogP contribution is 2.28. The van der Waals surface area contributed by atoms with E-state index in [9.17, 15) is 0 Å². The Morgan fingerprint density at radius 1 is 1.33 bits per heavy atom. The largest absolute Gasteiger partial charge is 0.496 e. The molecule has 0 bridgehead atoms. The van der Waals surface area contributed by atoms with Crippen LogP contribution < -0.4 is 4.74 Å². The van der Waals surface area contributed by atoms with Gasteiger partial charge in [-0.1, -0.05) is 30.3 Å². The highest BCUT2D eigenvalue weighted by atomic mass is 16.5. The van der Waals surface area contributed by atoms with Gasteiger partial charge in [-0.25, -0.2) is 0 Å². The van der Waals surface area contributed by atoms with E-state index in [-0.39, 0.29) is 6.04 Å². The molecule has 0 aliphatic rings. The van der Waals surface area contributed by atoms with Gasteiger partial charge in [-0.3, -0.25) is 4.90 Å². The van der Waals surface area contributed by atoms with Crippen molar-refractivity contribution in [2.45, 2.75) is 39.3 Å². The minimum atomic E-state index is 0.197. The molecule has 5 heteroatoms. The molecule has 2 aromatic rings. The Balaban J connectivity index is 2.06. The molecule has 1 aromatic heterocycles. The Morgan fingerprint density at radius 2 is 2.10 bits per heavy atom. The normalized spacial score (nSPS) is 12.6. The zero-order valence-electron chi connectivity index (χ0n) is 13.2. The van der Waals surface area contributed by atoms with Gasteiger partial charge < -0.3 is 9.26 Å². The van der Waals surface area contributed by atoms with Crippen LogP contribution in [-0.4, -0.2) is 29.2 Å². The maximum atomic E-state index is 5.42. The molecule has 1 heterocycles. The molecule has 5 nitrogen and oxygen atoms in total. The number of hydrogen-bond donors (Lipinski definition) is 0. The van der Waals surface area contributed by atoms with Gasteiger partial charge in [0.2, 0.25) is 5.89 Å². The first-order valence-corrected chi connectivity index (χ1v) is 7.30. The van der Waals surface area contributed by atoms with Crippen LogP contribution in [0.25, 0.3) is 0 Å². The molecular weight excluding hydrogens is 266 g/mol. The Morgan fingerprint density at radius 3 is 2.81 bits per heavy atom. The van der Waals surface area contributed by atoms with Gasteiger partial charge in [-0.15, -0.1) is 0 Å². The Hall–Kier alpha value is -1.88. The lowest BCUT2D eigenvalue weighted by Crippen LogP contribution is -2.22. The molecule has 1 atom stereocenters. The summed E-state index contributed by atoms with van der Waals surface area (Å²) in [5.41, 5.74) is 1.15. The molecule has 1 aromatic carbocycles. The van der Waals surface area contributed by atoms with Crippen molar-refractivity contribution in [2.24, 2.45) is 0 Å². The van der Waals surface area contributed by atoms with Crippen molar-refractivity contribution in [3.8, 4) is 5.75 Å². The Labute approximate surface area is 125 Å². The van der Waals surface area contributed by atoms with Gasteiger partial charge >= 0.3 is 0 Å². The van der Waals surface area contributed by atoms with E-state index in [2.05, 4.69) is 35.0 Å². The number of aryl methyl sites for hydroxylation is 1. The molecule has 0 radical (unpaired) electrons. The SMILES string of the molecule is CCCc1noc(CN(C)[C@H](C)c2ccccc2OC)n1. The van der Waals surface area contributed by atoms with Gasteiger partial charge in [0.1, 0.15) is 5.75 Å². The molecule has 0 N–H and O–H groups in total. The number of nitrogens with zero attached hydrogens (tertiary/aromatic N) is 3. The van der Waals surface area contributed by atoms with E-state index in [0.717, 1.165) is 30.0 Å². The van der Waals surface area contributed by atoms with Crippen LogP contribution in [0.5, 0.6) is 5.75 Å². The zero-order valence-corrected chi connectivity index (χ0v) is 13.2. The van der Waals surface area contributed by atoms with E-state index in [1.165, 1.54) is 0 Å². The number of aromatic nitrogens is 2. The predicted molar refractivity (Wildman–Crippen MR) is 81.2 cm³/mol. The van der Waals surface area contributed by atoms with Crippen molar-refractivity contribution in [3.05, 3.63) is 41.5 Å². The van der Waals surface area contributed by atoms with E-state index in [1.54, 1.807) is 7.11 Å². The molecule has 21 heavy (non-hydrogen) atoms. The van der Waals surface area contributed by atoms with Crippen LogP contribution >= 0.6 is 0 Å². The number of methoxy groups -OCH3 is 1. The maximum absolute atomic E-state index is 5.42. The first-order chi connectivity index (χ1) is 10.2. The molecular formula is C16H23N3O2. The van der Waals surface area contributed by atoms with Gasteiger partial charge in [0.15, 0.2) is 5.82 Å². The van der Waals surface area contributed by atoms with Crippen LogP contribution in [0.1, 0.15) is 43.6 Å². The third-order valence-electron chi connectivity index (χ3n) is 3.62. The smallest absolute Gasteiger partial charge is 0.240 e.